The van der Waals surface area contributed by atoms with E-state index in [0.717, 1.165) is 0 Å². The molecule has 7 heteroatoms. The standard InChI is InChI=1S/C22H26N2O5/c1-15(25)16-10-11-19(20(14-16)28-4)29-12-6-9-21(26)23-18-8-5-7-17(13-18)22(27)24(2)3/h5,7-8,10-11,13-14H,6,9,12H2,1-4H3,(H,23,26). The number of ether oxygens (including phenoxy) is 2. The molecule has 2 aromatic carbocycles. The van der Waals surface area contributed by atoms with Crippen LogP contribution in [0.4, 0.5) is 5.69 Å². The summed E-state index contributed by atoms with van der Waals surface area (Å²) in [5.41, 5.74) is 1.63. The Hall–Kier alpha value is -3.35. The number of carbonyl (C=O) groups excluding carboxylic acids is 3. The van der Waals surface area contributed by atoms with E-state index < -0.39 is 0 Å². The first kappa shape index (κ1) is 21.9. The van der Waals surface area contributed by atoms with Gasteiger partial charge in [-0.15, -0.1) is 0 Å². The van der Waals surface area contributed by atoms with Gasteiger partial charge in [0.15, 0.2) is 17.3 Å². The maximum atomic E-state index is 12.2. The summed E-state index contributed by atoms with van der Waals surface area (Å²) < 4.78 is 10.9. The van der Waals surface area contributed by atoms with Gasteiger partial charge in [0.05, 0.1) is 13.7 Å². The third-order valence-corrected chi connectivity index (χ3v) is 4.18. The summed E-state index contributed by atoms with van der Waals surface area (Å²) in [6.07, 6.45) is 0.763. The second-order valence-electron chi connectivity index (χ2n) is 6.70. The van der Waals surface area contributed by atoms with Crippen LogP contribution in [0.3, 0.4) is 0 Å². The molecule has 0 aliphatic rings. The van der Waals surface area contributed by atoms with E-state index >= 15 is 0 Å². The molecule has 0 aromatic heterocycles. The zero-order valence-corrected chi connectivity index (χ0v) is 17.2. The number of rotatable bonds is 9. The molecule has 2 rings (SSSR count). The summed E-state index contributed by atoms with van der Waals surface area (Å²) in [5, 5.41) is 2.79. The maximum absolute atomic E-state index is 12.2. The van der Waals surface area contributed by atoms with Gasteiger partial charge in [-0.1, -0.05) is 6.07 Å². The number of hydrogen-bond donors (Lipinski definition) is 1. The van der Waals surface area contributed by atoms with Crippen molar-refractivity contribution in [3.05, 3.63) is 53.6 Å². The monoisotopic (exact) mass is 398 g/mol. The second-order valence-corrected chi connectivity index (χ2v) is 6.70. The quantitative estimate of drug-likeness (QED) is 0.517. The van der Waals surface area contributed by atoms with Crippen LogP contribution in [0, 0.1) is 0 Å². The van der Waals surface area contributed by atoms with Gasteiger partial charge in [-0.2, -0.15) is 0 Å². The Labute approximate surface area is 170 Å². The molecule has 0 radical (unpaired) electrons. The van der Waals surface area contributed by atoms with Crippen LogP contribution >= 0.6 is 0 Å². The van der Waals surface area contributed by atoms with Crippen LogP contribution in [0.2, 0.25) is 0 Å². The highest BCUT2D eigenvalue weighted by Crippen LogP contribution is 2.28. The van der Waals surface area contributed by atoms with Crippen molar-refractivity contribution in [1.29, 1.82) is 0 Å². The van der Waals surface area contributed by atoms with Gasteiger partial charge in [0.1, 0.15) is 0 Å². The smallest absolute Gasteiger partial charge is 0.253 e. The number of carbonyl (C=O) groups is 3. The van der Waals surface area contributed by atoms with Gasteiger partial charge in [-0.05, 0) is 49.7 Å². The Kier molecular flexibility index (Phi) is 7.77. The Morgan fingerprint density at radius 1 is 1.00 bits per heavy atom. The Morgan fingerprint density at radius 2 is 1.76 bits per heavy atom. The predicted octanol–water partition coefficient (Wildman–Crippen LogP) is 3.40. The molecule has 0 atom stereocenters. The number of nitrogens with zero attached hydrogens (tertiary/aromatic N) is 1. The lowest BCUT2D eigenvalue weighted by molar-refractivity contribution is -0.116. The van der Waals surface area contributed by atoms with Crippen LogP contribution in [-0.2, 0) is 4.79 Å². The first-order valence-electron chi connectivity index (χ1n) is 9.25. The number of benzene rings is 2. The number of hydrogen-bond acceptors (Lipinski definition) is 5. The Morgan fingerprint density at radius 3 is 2.41 bits per heavy atom. The Bertz CT molecular complexity index is 893. The van der Waals surface area contributed by atoms with Gasteiger partial charge >= 0.3 is 0 Å². The molecule has 154 valence electrons. The fourth-order valence-electron chi connectivity index (χ4n) is 2.63. The number of anilines is 1. The highest BCUT2D eigenvalue weighted by molar-refractivity contribution is 5.97. The molecule has 1 N–H and O–H groups in total. The molecule has 0 heterocycles. The van der Waals surface area contributed by atoms with Gasteiger partial charge < -0.3 is 19.7 Å². The lowest BCUT2D eigenvalue weighted by atomic mass is 10.1. The molecule has 29 heavy (non-hydrogen) atoms. The normalized spacial score (nSPS) is 10.2. The summed E-state index contributed by atoms with van der Waals surface area (Å²) in [4.78, 5) is 37.1. The molecule has 0 saturated carbocycles. The van der Waals surface area contributed by atoms with E-state index in [2.05, 4.69) is 5.32 Å². The van der Waals surface area contributed by atoms with E-state index in [9.17, 15) is 14.4 Å². The highest BCUT2D eigenvalue weighted by atomic mass is 16.5. The minimum Gasteiger partial charge on any atom is -0.493 e. The fraction of sp³-hybridized carbons (Fsp3) is 0.318. The molecule has 0 spiro atoms. The van der Waals surface area contributed by atoms with E-state index in [0.29, 0.717) is 41.3 Å². The fourth-order valence-corrected chi connectivity index (χ4v) is 2.63. The predicted molar refractivity (Wildman–Crippen MR) is 111 cm³/mol. The maximum Gasteiger partial charge on any atom is 0.253 e. The lowest BCUT2D eigenvalue weighted by Crippen LogP contribution is -2.22. The van der Waals surface area contributed by atoms with E-state index in [1.54, 1.807) is 56.6 Å². The number of nitrogens with one attached hydrogen (secondary N) is 1. The molecule has 7 nitrogen and oxygen atoms in total. The van der Waals surface area contributed by atoms with Crippen molar-refractivity contribution in [2.45, 2.75) is 19.8 Å². The molecule has 2 aromatic rings. The van der Waals surface area contributed by atoms with Gasteiger partial charge in [0.2, 0.25) is 5.91 Å². The summed E-state index contributed by atoms with van der Waals surface area (Å²) >= 11 is 0. The van der Waals surface area contributed by atoms with Crippen molar-refractivity contribution < 1.29 is 23.9 Å². The number of amides is 2. The van der Waals surface area contributed by atoms with Crippen molar-refractivity contribution in [2.75, 3.05) is 33.1 Å². The van der Waals surface area contributed by atoms with Gasteiger partial charge in [-0.3, -0.25) is 14.4 Å². The van der Waals surface area contributed by atoms with Gasteiger partial charge in [0.25, 0.3) is 5.91 Å². The first-order valence-corrected chi connectivity index (χ1v) is 9.25. The molecule has 0 fully saturated rings. The average molecular weight is 398 g/mol. The van der Waals surface area contributed by atoms with Gasteiger partial charge in [0, 0.05) is 37.3 Å². The Balaban J connectivity index is 1.84. The largest absolute Gasteiger partial charge is 0.493 e. The van der Waals surface area contributed by atoms with E-state index in [-0.39, 0.29) is 24.0 Å². The molecule has 0 bridgehead atoms. The number of Topliss-reactive ketones (excluding diaryl/α,β-unsaturated/α-hetero) is 1. The molecule has 0 aliphatic carbocycles. The minimum atomic E-state index is -0.165. The first-order chi connectivity index (χ1) is 13.8. The zero-order valence-electron chi connectivity index (χ0n) is 17.2. The van der Waals surface area contributed by atoms with Crippen LogP contribution in [-0.4, -0.2) is 50.3 Å². The summed E-state index contributed by atoms with van der Waals surface area (Å²) in [6.45, 7) is 1.81. The topological polar surface area (TPSA) is 84.9 Å². The second kappa shape index (κ2) is 10.3. The minimum absolute atomic E-state index is 0.0529. The molecule has 0 saturated heterocycles. The van der Waals surface area contributed by atoms with Crippen LogP contribution in [0.5, 0.6) is 11.5 Å². The zero-order chi connectivity index (χ0) is 21.4. The highest BCUT2D eigenvalue weighted by Gasteiger charge is 2.11. The lowest BCUT2D eigenvalue weighted by Gasteiger charge is -2.12. The van der Waals surface area contributed by atoms with Crippen molar-refractivity contribution in [3.8, 4) is 11.5 Å². The molecular weight excluding hydrogens is 372 g/mol. The summed E-state index contributed by atoms with van der Waals surface area (Å²) in [6, 6.07) is 11.8. The van der Waals surface area contributed by atoms with Crippen molar-refractivity contribution >= 4 is 23.3 Å². The molecular formula is C22H26N2O5. The summed E-state index contributed by atoms with van der Waals surface area (Å²) in [7, 11) is 4.86. The average Bonchev–Trinajstić information content (AvgIpc) is 2.70. The van der Waals surface area contributed by atoms with Crippen LogP contribution < -0.4 is 14.8 Å². The molecule has 0 unspecified atom stereocenters. The van der Waals surface area contributed by atoms with E-state index in [1.807, 2.05) is 0 Å². The SMILES string of the molecule is COc1cc(C(C)=O)ccc1OCCCC(=O)Nc1cccc(C(=O)N(C)C)c1. The summed E-state index contributed by atoms with van der Waals surface area (Å²) in [5.74, 6) is 0.654. The van der Waals surface area contributed by atoms with E-state index in [4.69, 9.17) is 9.47 Å². The van der Waals surface area contributed by atoms with Crippen molar-refractivity contribution in [2.24, 2.45) is 0 Å². The molecule has 0 aliphatic heterocycles. The van der Waals surface area contributed by atoms with E-state index in [1.165, 1.54) is 18.9 Å². The van der Waals surface area contributed by atoms with Crippen LogP contribution in [0.25, 0.3) is 0 Å². The third-order valence-electron chi connectivity index (χ3n) is 4.18. The van der Waals surface area contributed by atoms with Crippen molar-refractivity contribution in [3.63, 3.8) is 0 Å². The van der Waals surface area contributed by atoms with Crippen LogP contribution in [0.15, 0.2) is 42.5 Å². The van der Waals surface area contributed by atoms with Gasteiger partial charge in [-0.25, -0.2) is 0 Å². The van der Waals surface area contributed by atoms with Crippen LogP contribution in [0.1, 0.15) is 40.5 Å². The molecule has 2 amide bonds. The third kappa shape index (κ3) is 6.34. The van der Waals surface area contributed by atoms with Crippen molar-refractivity contribution in [1.82, 2.24) is 4.90 Å². The number of methoxy groups -OCH3 is 1. The number of ketones is 1.